The molecule has 0 fully saturated rings. The number of aromatic nitrogens is 4. The summed E-state index contributed by atoms with van der Waals surface area (Å²) < 4.78 is 7.21. The van der Waals surface area contributed by atoms with E-state index in [1.165, 1.54) is 0 Å². The summed E-state index contributed by atoms with van der Waals surface area (Å²) in [5, 5.41) is 6.02. The lowest BCUT2D eigenvalue weighted by molar-refractivity contribution is 0.236. The number of benzene rings is 2. The number of ether oxygens (including phenoxy) is 1. The predicted molar refractivity (Wildman–Crippen MR) is 126 cm³/mol. The molecule has 0 aliphatic heterocycles. The normalized spacial score (nSPS) is 12.0. The lowest BCUT2D eigenvalue weighted by Gasteiger charge is -2.18. The number of methoxy groups -OCH3 is 1. The molecule has 0 saturated carbocycles. The highest BCUT2D eigenvalue weighted by Gasteiger charge is 2.19. The standard InChI is InChI=1S/C25H24N6O2/c1-33-19-11-9-17(10-12-19)14-22(24-28-20-6-2-3-7-21(20)29-24)30-25(32)27-16-18-15-26-23-8-4-5-13-31(18)23/h2-13,15,22H,14,16H2,1H3,(H,28,29)(H2,27,30,32). The summed E-state index contributed by atoms with van der Waals surface area (Å²) in [5.74, 6) is 1.50. The molecule has 1 atom stereocenters. The number of para-hydroxylation sites is 2. The fourth-order valence-electron chi connectivity index (χ4n) is 3.85. The van der Waals surface area contributed by atoms with Crippen LogP contribution in [0.4, 0.5) is 4.79 Å². The summed E-state index contributed by atoms with van der Waals surface area (Å²) in [4.78, 5) is 25.3. The van der Waals surface area contributed by atoms with Gasteiger partial charge in [0.15, 0.2) is 0 Å². The minimum Gasteiger partial charge on any atom is -0.497 e. The van der Waals surface area contributed by atoms with Gasteiger partial charge in [-0.05, 0) is 48.4 Å². The van der Waals surface area contributed by atoms with Crippen molar-refractivity contribution in [3.63, 3.8) is 0 Å². The van der Waals surface area contributed by atoms with Gasteiger partial charge in [-0.3, -0.25) is 0 Å². The number of hydrogen-bond acceptors (Lipinski definition) is 4. The highest BCUT2D eigenvalue weighted by Crippen LogP contribution is 2.21. The summed E-state index contributed by atoms with van der Waals surface area (Å²) >= 11 is 0. The van der Waals surface area contributed by atoms with E-state index in [0.717, 1.165) is 33.7 Å². The number of carbonyl (C=O) groups excluding carboxylic acids is 1. The Morgan fingerprint density at radius 3 is 2.73 bits per heavy atom. The minimum atomic E-state index is -0.340. The molecule has 0 bridgehead atoms. The largest absolute Gasteiger partial charge is 0.497 e. The van der Waals surface area contributed by atoms with Gasteiger partial charge in [0.2, 0.25) is 0 Å². The second-order valence-corrected chi connectivity index (χ2v) is 7.75. The van der Waals surface area contributed by atoms with Gasteiger partial charge in [0.05, 0.1) is 42.6 Å². The van der Waals surface area contributed by atoms with Crippen molar-refractivity contribution in [1.82, 2.24) is 30.0 Å². The van der Waals surface area contributed by atoms with Crippen LogP contribution in [0.5, 0.6) is 5.75 Å². The topological polar surface area (TPSA) is 96.3 Å². The average molecular weight is 441 g/mol. The van der Waals surface area contributed by atoms with E-state index in [1.54, 1.807) is 13.3 Å². The molecule has 0 saturated heterocycles. The molecule has 3 aromatic heterocycles. The van der Waals surface area contributed by atoms with Crippen LogP contribution in [0, 0.1) is 0 Å². The van der Waals surface area contributed by atoms with Crippen LogP contribution in [0.15, 0.2) is 79.1 Å². The molecule has 8 nitrogen and oxygen atoms in total. The fraction of sp³-hybridized carbons (Fsp3) is 0.160. The number of imidazole rings is 2. The Labute approximate surface area is 190 Å². The molecule has 8 heteroatoms. The van der Waals surface area contributed by atoms with Gasteiger partial charge in [-0.25, -0.2) is 14.8 Å². The van der Waals surface area contributed by atoms with Crippen LogP contribution < -0.4 is 15.4 Å². The van der Waals surface area contributed by atoms with Gasteiger partial charge in [-0.15, -0.1) is 0 Å². The molecule has 0 aliphatic rings. The highest BCUT2D eigenvalue weighted by molar-refractivity contribution is 5.76. The summed E-state index contributed by atoms with van der Waals surface area (Å²) in [6, 6.07) is 20.8. The number of aromatic amines is 1. The molecule has 0 aliphatic carbocycles. The maximum absolute atomic E-state index is 12.9. The van der Waals surface area contributed by atoms with Crippen LogP contribution in [0.25, 0.3) is 16.7 Å². The molecule has 5 aromatic rings. The van der Waals surface area contributed by atoms with Crippen molar-refractivity contribution < 1.29 is 9.53 Å². The molecule has 2 amide bonds. The second kappa shape index (κ2) is 9.04. The predicted octanol–water partition coefficient (Wildman–Crippen LogP) is 4.00. The van der Waals surface area contributed by atoms with Gasteiger partial charge in [0.1, 0.15) is 17.2 Å². The van der Waals surface area contributed by atoms with E-state index in [9.17, 15) is 4.79 Å². The molecule has 0 spiro atoms. The number of amides is 2. The quantitative estimate of drug-likeness (QED) is 0.356. The van der Waals surface area contributed by atoms with Crippen LogP contribution in [0.1, 0.15) is 23.1 Å². The Morgan fingerprint density at radius 1 is 1.09 bits per heavy atom. The zero-order valence-electron chi connectivity index (χ0n) is 18.2. The van der Waals surface area contributed by atoms with E-state index >= 15 is 0 Å². The van der Waals surface area contributed by atoms with Crippen LogP contribution in [-0.2, 0) is 13.0 Å². The Hall–Kier alpha value is -4.33. The monoisotopic (exact) mass is 440 g/mol. The van der Waals surface area contributed by atoms with Gasteiger partial charge >= 0.3 is 6.03 Å². The first-order chi connectivity index (χ1) is 16.2. The van der Waals surface area contributed by atoms with Gasteiger partial charge in [0, 0.05) is 6.20 Å². The van der Waals surface area contributed by atoms with Crippen LogP contribution >= 0.6 is 0 Å². The Bertz CT molecular complexity index is 1360. The number of hydrogen-bond donors (Lipinski definition) is 3. The van der Waals surface area contributed by atoms with Gasteiger partial charge in [0.25, 0.3) is 0 Å². The molecule has 3 heterocycles. The molecule has 2 aromatic carbocycles. The first kappa shape index (κ1) is 20.6. The molecule has 3 N–H and O–H groups in total. The second-order valence-electron chi connectivity index (χ2n) is 7.75. The molecule has 0 radical (unpaired) electrons. The van der Waals surface area contributed by atoms with Gasteiger partial charge < -0.3 is 24.8 Å². The number of urea groups is 1. The Kier molecular flexibility index (Phi) is 5.63. The third kappa shape index (κ3) is 4.50. The summed E-state index contributed by atoms with van der Waals surface area (Å²) in [6.07, 6.45) is 4.27. The molecule has 166 valence electrons. The molecular weight excluding hydrogens is 416 g/mol. The third-order valence-corrected chi connectivity index (χ3v) is 5.57. The molecule has 5 rings (SSSR count). The number of H-pyrrole nitrogens is 1. The van der Waals surface area contributed by atoms with Gasteiger partial charge in [-0.1, -0.05) is 30.3 Å². The third-order valence-electron chi connectivity index (χ3n) is 5.57. The van der Waals surface area contributed by atoms with E-state index in [1.807, 2.05) is 77.3 Å². The van der Waals surface area contributed by atoms with Gasteiger partial charge in [-0.2, -0.15) is 0 Å². The number of carbonyl (C=O) groups is 1. The maximum atomic E-state index is 12.9. The first-order valence-corrected chi connectivity index (χ1v) is 10.7. The van der Waals surface area contributed by atoms with E-state index in [-0.39, 0.29) is 12.1 Å². The average Bonchev–Trinajstić information content (AvgIpc) is 3.47. The first-order valence-electron chi connectivity index (χ1n) is 10.7. The minimum absolute atomic E-state index is 0.278. The lowest BCUT2D eigenvalue weighted by Crippen LogP contribution is -2.39. The molecular formula is C25H24N6O2. The fourth-order valence-corrected chi connectivity index (χ4v) is 3.85. The SMILES string of the molecule is COc1ccc(CC(NC(=O)NCc2cnc3ccccn23)c2nc3ccccc3[nH]2)cc1. The van der Waals surface area contributed by atoms with Crippen molar-refractivity contribution in [2.24, 2.45) is 0 Å². The smallest absolute Gasteiger partial charge is 0.315 e. The van der Waals surface area contributed by atoms with E-state index in [4.69, 9.17) is 9.72 Å². The number of nitrogens with zero attached hydrogens (tertiary/aromatic N) is 3. The summed E-state index contributed by atoms with van der Waals surface area (Å²) in [6.45, 7) is 0.354. The number of fused-ring (bicyclic) bond motifs is 2. The van der Waals surface area contributed by atoms with Crippen molar-refractivity contribution in [2.75, 3.05) is 7.11 Å². The number of nitrogens with one attached hydrogen (secondary N) is 3. The highest BCUT2D eigenvalue weighted by atomic mass is 16.5. The number of pyridine rings is 1. The maximum Gasteiger partial charge on any atom is 0.315 e. The molecule has 33 heavy (non-hydrogen) atoms. The zero-order chi connectivity index (χ0) is 22.6. The van der Waals surface area contributed by atoms with Crippen LogP contribution in [0.3, 0.4) is 0 Å². The lowest BCUT2D eigenvalue weighted by atomic mass is 10.1. The van der Waals surface area contributed by atoms with E-state index in [0.29, 0.717) is 18.8 Å². The van der Waals surface area contributed by atoms with Crippen molar-refractivity contribution in [3.05, 3.63) is 96.2 Å². The van der Waals surface area contributed by atoms with Crippen molar-refractivity contribution in [1.29, 1.82) is 0 Å². The Morgan fingerprint density at radius 2 is 1.91 bits per heavy atom. The van der Waals surface area contributed by atoms with Crippen molar-refractivity contribution in [3.8, 4) is 5.75 Å². The van der Waals surface area contributed by atoms with E-state index in [2.05, 4.69) is 20.6 Å². The summed E-state index contributed by atoms with van der Waals surface area (Å²) in [7, 11) is 1.64. The van der Waals surface area contributed by atoms with Crippen LogP contribution in [-0.4, -0.2) is 32.5 Å². The Balaban J connectivity index is 1.34. The van der Waals surface area contributed by atoms with Crippen LogP contribution in [0.2, 0.25) is 0 Å². The number of rotatable bonds is 7. The van der Waals surface area contributed by atoms with E-state index < -0.39 is 0 Å². The van der Waals surface area contributed by atoms with Crippen molar-refractivity contribution >= 4 is 22.7 Å². The van der Waals surface area contributed by atoms with Crippen molar-refractivity contribution in [2.45, 2.75) is 19.0 Å². The zero-order valence-corrected chi connectivity index (χ0v) is 18.2. The molecule has 1 unspecified atom stereocenters. The summed E-state index contributed by atoms with van der Waals surface area (Å²) in [5.41, 5.74) is 4.59.